The van der Waals surface area contributed by atoms with Crippen molar-refractivity contribution in [2.45, 2.75) is 20.8 Å². The minimum absolute atomic E-state index is 0.491. The van der Waals surface area contributed by atoms with Crippen molar-refractivity contribution in [1.82, 2.24) is 4.98 Å². The summed E-state index contributed by atoms with van der Waals surface area (Å²) in [6, 6.07) is 10.6. The molecule has 0 saturated carbocycles. The molecule has 1 unspecified atom stereocenters. The average Bonchev–Trinajstić information content (AvgIpc) is 3.16. The molecule has 1 N–H and O–H groups in total. The molecule has 0 aliphatic carbocycles. The first-order valence-corrected chi connectivity index (χ1v) is 13.2. The molecule has 1 amide bonds. The molecule has 3 rings (SSSR count). The van der Waals surface area contributed by atoms with Crippen LogP contribution in [0.25, 0.3) is 16.2 Å². The zero-order valence-corrected chi connectivity index (χ0v) is 21.3. The number of thiophene rings is 1. The Morgan fingerprint density at radius 1 is 1.26 bits per heavy atom. The third-order valence-corrected chi connectivity index (χ3v) is 6.88. The van der Waals surface area contributed by atoms with Gasteiger partial charge in [0, 0.05) is 32.9 Å². The highest BCUT2D eigenvalue weighted by molar-refractivity contribution is 7.53. The number of aromatic nitrogens is 1. The molecular weight excluding hydrogens is 499 g/mol. The topological polar surface area (TPSA) is 106 Å². The summed E-state index contributed by atoms with van der Waals surface area (Å²) in [6.07, 6.45) is 3.87. The van der Waals surface area contributed by atoms with Crippen molar-refractivity contribution in [2.75, 3.05) is 17.9 Å². The van der Waals surface area contributed by atoms with Gasteiger partial charge in [-0.15, -0.1) is 11.3 Å². The second kappa shape index (κ2) is 10.8. The second-order valence-corrected chi connectivity index (χ2v) is 11.5. The van der Waals surface area contributed by atoms with Crippen molar-refractivity contribution in [2.24, 2.45) is 5.41 Å². The van der Waals surface area contributed by atoms with E-state index in [-0.39, 0.29) is 0 Å². The van der Waals surface area contributed by atoms with Crippen molar-refractivity contribution < 1.29 is 28.3 Å². The van der Waals surface area contributed by atoms with Crippen LogP contribution in [0.3, 0.4) is 0 Å². The molecule has 0 saturated heterocycles. The Bertz CT molecular complexity index is 1260. The number of carbonyl (C=O) groups excluding carboxylic acids is 2. The van der Waals surface area contributed by atoms with E-state index in [1.165, 1.54) is 22.4 Å². The first-order chi connectivity index (χ1) is 16.0. The molecule has 0 bridgehead atoms. The fourth-order valence-corrected chi connectivity index (χ4v) is 4.66. The van der Waals surface area contributed by atoms with E-state index < -0.39 is 37.8 Å². The lowest BCUT2D eigenvalue weighted by atomic mass is 9.98. The maximum Gasteiger partial charge on any atom is 0.340 e. The van der Waals surface area contributed by atoms with Gasteiger partial charge >= 0.3 is 13.6 Å². The number of anilines is 1. The highest BCUT2D eigenvalue weighted by atomic mass is 35.5. The normalized spacial score (nSPS) is 13.7. The van der Waals surface area contributed by atoms with E-state index in [1.54, 1.807) is 68.8 Å². The van der Waals surface area contributed by atoms with Gasteiger partial charge in [0.2, 0.25) is 12.7 Å². The standard InChI is InChI=1S/C23H24ClN2O6PS/c1-23(2,3)22(28)31-15-32-33(29,30)13-21(27)26(11-9-17-6-4-5-10-25-17)19-14-34-20-8-7-16(24)12-18(19)20/h4-12,14H,13,15H2,1-3H3,(H,29,30)/b11-9+. The molecule has 2 aromatic heterocycles. The van der Waals surface area contributed by atoms with E-state index in [2.05, 4.69) is 4.98 Å². The van der Waals surface area contributed by atoms with Crippen LogP contribution in [0, 0.1) is 5.41 Å². The lowest BCUT2D eigenvalue weighted by Crippen LogP contribution is -2.29. The Morgan fingerprint density at radius 3 is 2.71 bits per heavy atom. The average molecular weight is 523 g/mol. The Kier molecular flexibility index (Phi) is 8.28. The Morgan fingerprint density at radius 2 is 2.03 bits per heavy atom. The molecular formula is C23H24ClN2O6PS. The van der Waals surface area contributed by atoms with Crippen LogP contribution in [0.4, 0.5) is 5.69 Å². The molecule has 1 atom stereocenters. The minimum atomic E-state index is -4.42. The third-order valence-electron chi connectivity index (χ3n) is 4.52. The Hall–Kier alpha value is -2.55. The predicted molar refractivity (Wildman–Crippen MR) is 134 cm³/mol. The molecule has 180 valence electrons. The number of nitrogens with zero attached hydrogens (tertiary/aromatic N) is 2. The lowest BCUT2D eigenvalue weighted by molar-refractivity contribution is -0.159. The number of ether oxygens (including phenoxy) is 1. The Balaban J connectivity index is 1.83. The number of halogens is 1. The molecule has 8 nitrogen and oxygen atoms in total. The number of amides is 1. The fraction of sp³-hybridized carbons (Fsp3) is 0.261. The van der Waals surface area contributed by atoms with Gasteiger partial charge in [-0.05, 0) is 57.2 Å². The van der Waals surface area contributed by atoms with E-state index in [1.807, 2.05) is 6.07 Å². The summed E-state index contributed by atoms with van der Waals surface area (Å²) >= 11 is 7.56. The highest BCUT2D eigenvalue weighted by Crippen LogP contribution is 2.43. The largest absolute Gasteiger partial charge is 0.438 e. The summed E-state index contributed by atoms with van der Waals surface area (Å²) in [7, 11) is -4.42. The monoisotopic (exact) mass is 522 g/mol. The quantitative estimate of drug-likeness (QED) is 0.230. The fourth-order valence-electron chi connectivity index (χ4n) is 2.77. The van der Waals surface area contributed by atoms with Gasteiger partial charge in [0.25, 0.3) is 0 Å². The van der Waals surface area contributed by atoms with E-state index >= 15 is 0 Å². The molecule has 0 fully saturated rings. The third kappa shape index (κ3) is 6.98. The maximum absolute atomic E-state index is 13.2. The van der Waals surface area contributed by atoms with E-state index in [4.69, 9.17) is 20.9 Å². The van der Waals surface area contributed by atoms with Crippen molar-refractivity contribution >= 4 is 64.3 Å². The van der Waals surface area contributed by atoms with Crippen LogP contribution in [-0.2, 0) is 23.4 Å². The zero-order valence-electron chi connectivity index (χ0n) is 18.8. The SMILES string of the molecule is CC(C)(C)C(=O)OCOP(=O)(O)CC(=O)N(/C=C/c1ccccn1)c1csc2ccc(Cl)cc12. The van der Waals surface area contributed by atoms with Gasteiger partial charge in [-0.2, -0.15) is 0 Å². The van der Waals surface area contributed by atoms with Crippen molar-refractivity contribution in [3.8, 4) is 0 Å². The number of carbonyl (C=O) groups is 2. The molecule has 0 aliphatic heterocycles. The van der Waals surface area contributed by atoms with Crippen molar-refractivity contribution in [3.05, 3.63) is 64.9 Å². The summed E-state index contributed by atoms with van der Waals surface area (Å²) in [5, 5.41) is 2.96. The maximum atomic E-state index is 13.2. The van der Waals surface area contributed by atoms with Gasteiger partial charge in [-0.25, -0.2) is 0 Å². The summed E-state index contributed by atoms with van der Waals surface area (Å²) < 4.78 is 23.2. The van der Waals surface area contributed by atoms with Crippen LogP contribution >= 0.6 is 30.5 Å². The number of hydrogen-bond donors (Lipinski definition) is 1. The van der Waals surface area contributed by atoms with E-state index in [0.29, 0.717) is 21.8 Å². The second-order valence-electron chi connectivity index (χ2n) is 8.32. The number of pyridine rings is 1. The molecule has 34 heavy (non-hydrogen) atoms. The summed E-state index contributed by atoms with van der Waals surface area (Å²) in [4.78, 5) is 40.7. The number of rotatable bonds is 8. The molecule has 11 heteroatoms. The predicted octanol–water partition coefficient (Wildman–Crippen LogP) is 5.70. The minimum Gasteiger partial charge on any atom is -0.438 e. The highest BCUT2D eigenvalue weighted by Gasteiger charge is 2.30. The lowest BCUT2D eigenvalue weighted by Gasteiger charge is -2.21. The van der Waals surface area contributed by atoms with Crippen molar-refractivity contribution in [1.29, 1.82) is 0 Å². The number of hydrogen-bond acceptors (Lipinski definition) is 7. The van der Waals surface area contributed by atoms with Gasteiger partial charge in [0.15, 0.2) is 0 Å². The molecule has 2 heterocycles. The summed E-state index contributed by atoms with van der Waals surface area (Å²) in [6.45, 7) is 4.18. The van der Waals surface area contributed by atoms with Crippen molar-refractivity contribution in [3.63, 3.8) is 0 Å². The van der Waals surface area contributed by atoms with Gasteiger partial charge in [0.05, 0.1) is 16.8 Å². The smallest absolute Gasteiger partial charge is 0.340 e. The summed E-state index contributed by atoms with van der Waals surface area (Å²) in [5.41, 5.74) is 0.293. The molecule has 0 aliphatic rings. The number of benzene rings is 1. The van der Waals surface area contributed by atoms with E-state index in [9.17, 15) is 19.0 Å². The van der Waals surface area contributed by atoms with Gasteiger partial charge in [0.1, 0.15) is 6.16 Å². The van der Waals surface area contributed by atoms with Crippen LogP contribution in [0.1, 0.15) is 26.5 Å². The first kappa shape index (κ1) is 26.1. The van der Waals surface area contributed by atoms with Gasteiger partial charge in [-0.3, -0.25) is 28.6 Å². The summed E-state index contributed by atoms with van der Waals surface area (Å²) in [5.74, 6) is -1.29. The number of fused-ring (bicyclic) bond motifs is 1. The van der Waals surface area contributed by atoms with Crippen LogP contribution in [0.2, 0.25) is 5.02 Å². The zero-order chi connectivity index (χ0) is 24.9. The number of esters is 1. The van der Waals surface area contributed by atoms with Crippen LogP contribution < -0.4 is 4.90 Å². The van der Waals surface area contributed by atoms with E-state index in [0.717, 1.165) is 4.70 Å². The van der Waals surface area contributed by atoms with Crippen LogP contribution in [0.15, 0.2) is 54.2 Å². The first-order valence-electron chi connectivity index (χ1n) is 10.2. The van der Waals surface area contributed by atoms with Gasteiger partial charge in [-0.1, -0.05) is 17.7 Å². The van der Waals surface area contributed by atoms with Crippen LogP contribution in [-0.4, -0.2) is 34.7 Å². The molecule has 0 spiro atoms. The van der Waals surface area contributed by atoms with Gasteiger partial charge < -0.3 is 9.63 Å². The Labute approximate surface area is 206 Å². The molecule has 3 aromatic rings. The van der Waals surface area contributed by atoms with Crippen LogP contribution in [0.5, 0.6) is 0 Å². The molecule has 1 aromatic carbocycles. The molecule has 0 radical (unpaired) electrons.